The van der Waals surface area contributed by atoms with Crippen LogP contribution in [0.3, 0.4) is 0 Å². The minimum Gasteiger partial charge on any atom is -0.352 e. The maximum absolute atomic E-state index is 12.5. The Labute approximate surface area is 163 Å². The zero-order chi connectivity index (χ0) is 19.3. The van der Waals surface area contributed by atoms with Crippen molar-refractivity contribution in [1.29, 1.82) is 0 Å². The molecule has 4 rings (SSSR count). The predicted octanol–water partition coefficient (Wildman–Crippen LogP) is 2.18. The summed E-state index contributed by atoms with van der Waals surface area (Å²) in [6, 6.07) is 17.8. The van der Waals surface area contributed by atoms with Crippen LogP contribution >= 0.6 is 0 Å². The third-order valence-electron chi connectivity index (χ3n) is 5.20. The molecule has 1 fully saturated rings. The van der Waals surface area contributed by atoms with Crippen LogP contribution < -0.4 is 10.9 Å². The Morgan fingerprint density at radius 2 is 1.89 bits per heavy atom. The van der Waals surface area contributed by atoms with Crippen LogP contribution in [-0.2, 0) is 17.9 Å². The van der Waals surface area contributed by atoms with Crippen molar-refractivity contribution in [1.82, 2.24) is 19.8 Å². The quantitative estimate of drug-likeness (QED) is 0.716. The highest BCUT2D eigenvalue weighted by Gasteiger charge is 2.23. The molecule has 2 aromatic carbocycles. The zero-order valence-corrected chi connectivity index (χ0v) is 15.8. The molecule has 0 saturated carbocycles. The maximum atomic E-state index is 12.5. The van der Waals surface area contributed by atoms with Gasteiger partial charge in [-0.2, -0.15) is 0 Å². The Bertz CT molecular complexity index is 1020. The van der Waals surface area contributed by atoms with Gasteiger partial charge in [0.25, 0.3) is 5.56 Å². The number of nitrogens with one attached hydrogen (secondary N) is 1. The van der Waals surface area contributed by atoms with E-state index >= 15 is 0 Å². The molecule has 1 amide bonds. The second-order valence-corrected chi connectivity index (χ2v) is 7.28. The number of likely N-dealkylation sites (tertiary alicyclic amines) is 1. The highest BCUT2D eigenvalue weighted by Crippen LogP contribution is 2.13. The smallest absolute Gasteiger partial charge is 0.261 e. The average molecular weight is 376 g/mol. The zero-order valence-electron chi connectivity index (χ0n) is 15.8. The standard InChI is InChI=1S/C22H24N4O2/c27-21(11-13-26-16-23-20-9-5-4-8-19(20)22(26)28)24-18-10-12-25(15-18)14-17-6-2-1-3-7-17/h1-9,16,18H,10-15H2,(H,24,27)/t18-/m0/s1. The van der Waals surface area contributed by atoms with Crippen molar-refractivity contribution in [2.45, 2.75) is 32.0 Å². The molecule has 3 aromatic rings. The number of rotatable bonds is 6. The Hall–Kier alpha value is -2.99. The average Bonchev–Trinajstić information content (AvgIpc) is 3.15. The van der Waals surface area contributed by atoms with Gasteiger partial charge in [-0.05, 0) is 24.1 Å². The molecule has 0 spiro atoms. The van der Waals surface area contributed by atoms with E-state index < -0.39 is 0 Å². The lowest BCUT2D eigenvalue weighted by Crippen LogP contribution is -2.37. The number of aromatic nitrogens is 2. The lowest BCUT2D eigenvalue weighted by atomic mass is 10.2. The van der Waals surface area contributed by atoms with E-state index in [0.29, 0.717) is 17.4 Å². The van der Waals surface area contributed by atoms with Gasteiger partial charge >= 0.3 is 0 Å². The number of hydrogen-bond acceptors (Lipinski definition) is 4. The van der Waals surface area contributed by atoms with Gasteiger partial charge in [0.2, 0.25) is 5.91 Å². The molecular formula is C22H24N4O2. The van der Waals surface area contributed by atoms with Crippen molar-refractivity contribution in [2.24, 2.45) is 0 Å². The van der Waals surface area contributed by atoms with Gasteiger partial charge in [-0.15, -0.1) is 0 Å². The van der Waals surface area contributed by atoms with Gasteiger partial charge in [-0.3, -0.25) is 19.1 Å². The molecule has 0 bridgehead atoms. The third-order valence-corrected chi connectivity index (χ3v) is 5.20. The van der Waals surface area contributed by atoms with E-state index in [2.05, 4.69) is 27.3 Å². The summed E-state index contributed by atoms with van der Waals surface area (Å²) in [5.41, 5.74) is 1.86. The predicted molar refractivity (Wildman–Crippen MR) is 109 cm³/mol. The summed E-state index contributed by atoms with van der Waals surface area (Å²) < 4.78 is 1.51. The van der Waals surface area contributed by atoms with Crippen LogP contribution in [-0.4, -0.2) is 39.5 Å². The molecule has 6 nitrogen and oxygen atoms in total. The van der Waals surface area contributed by atoms with Crippen molar-refractivity contribution in [3.63, 3.8) is 0 Å². The first-order chi connectivity index (χ1) is 13.7. The monoisotopic (exact) mass is 376 g/mol. The Morgan fingerprint density at radius 3 is 2.75 bits per heavy atom. The molecule has 0 unspecified atom stereocenters. The van der Waals surface area contributed by atoms with E-state index in [4.69, 9.17) is 0 Å². The Kier molecular flexibility index (Phi) is 5.48. The van der Waals surface area contributed by atoms with Crippen molar-refractivity contribution in [3.05, 3.63) is 76.8 Å². The van der Waals surface area contributed by atoms with Crippen molar-refractivity contribution in [3.8, 4) is 0 Å². The van der Waals surface area contributed by atoms with Crippen LogP contribution in [0.15, 0.2) is 65.7 Å². The van der Waals surface area contributed by atoms with Gasteiger partial charge in [-0.1, -0.05) is 42.5 Å². The Morgan fingerprint density at radius 1 is 1.11 bits per heavy atom. The number of aryl methyl sites for hydroxylation is 1. The third kappa shape index (κ3) is 4.28. The molecule has 1 N–H and O–H groups in total. The summed E-state index contributed by atoms with van der Waals surface area (Å²) in [4.78, 5) is 31.5. The van der Waals surface area contributed by atoms with Crippen LogP contribution in [0.2, 0.25) is 0 Å². The number of carbonyl (C=O) groups is 1. The second kappa shape index (κ2) is 8.35. The molecule has 144 valence electrons. The first kappa shape index (κ1) is 18.4. The van der Waals surface area contributed by atoms with Gasteiger partial charge < -0.3 is 5.32 Å². The Balaban J connectivity index is 1.28. The number of benzene rings is 2. The van der Waals surface area contributed by atoms with Gasteiger partial charge in [-0.25, -0.2) is 4.98 Å². The van der Waals surface area contributed by atoms with Crippen LogP contribution in [0.5, 0.6) is 0 Å². The van der Waals surface area contributed by atoms with Gasteiger partial charge in [0.1, 0.15) is 0 Å². The number of nitrogens with zero attached hydrogens (tertiary/aromatic N) is 3. The molecule has 0 radical (unpaired) electrons. The molecular weight excluding hydrogens is 352 g/mol. The van der Waals surface area contributed by atoms with Crippen LogP contribution in [0.1, 0.15) is 18.4 Å². The van der Waals surface area contributed by atoms with Gasteiger partial charge in [0.05, 0.1) is 17.2 Å². The fourth-order valence-corrected chi connectivity index (χ4v) is 3.72. The molecule has 2 heterocycles. The van der Waals surface area contributed by atoms with Crippen molar-refractivity contribution < 1.29 is 4.79 Å². The SMILES string of the molecule is O=C(CCn1cnc2ccccc2c1=O)N[C@H]1CCN(Cc2ccccc2)C1. The summed E-state index contributed by atoms with van der Waals surface area (Å²) in [6.45, 7) is 3.08. The molecule has 1 aromatic heterocycles. The van der Waals surface area contributed by atoms with E-state index in [0.717, 1.165) is 26.1 Å². The molecule has 6 heteroatoms. The van der Waals surface area contributed by atoms with Crippen LogP contribution in [0.4, 0.5) is 0 Å². The first-order valence-corrected chi connectivity index (χ1v) is 9.69. The second-order valence-electron chi connectivity index (χ2n) is 7.28. The molecule has 28 heavy (non-hydrogen) atoms. The van der Waals surface area contributed by atoms with E-state index in [1.54, 1.807) is 6.07 Å². The van der Waals surface area contributed by atoms with E-state index in [9.17, 15) is 9.59 Å². The van der Waals surface area contributed by atoms with Gasteiger partial charge in [0, 0.05) is 38.6 Å². The number of fused-ring (bicyclic) bond motifs is 1. The minimum absolute atomic E-state index is 0.0216. The highest BCUT2D eigenvalue weighted by atomic mass is 16.2. The number of carbonyl (C=O) groups excluding carboxylic acids is 1. The summed E-state index contributed by atoms with van der Waals surface area (Å²) in [5.74, 6) is -0.0216. The summed E-state index contributed by atoms with van der Waals surface area (Å²) in [5, 5.41) is 3.69. The van der Waals surface area contributed by atoms with E-state index in [-0.39, 0.29) is 23.9 Å². The van der Waals surface area contributed by atoms with Gasteiger partial charge in [0.15, 0.2) is 0 Å². The minimum atomic E-state index is -0.103. The summed E-state index contributed by atoms with van der Waals surface area (Å²) in [7, 11) is 0. The molecule has 1 saturated heterocycles. The number of hydrogen-bond donors (Lipinski definition) is 1. The summed E-state index contributed by atoms with van der Waals surface area (Å²) in [6.07, 6.45) is 2.75. The normalized spacial score (nSPS) is 17.1. The summed E-state index contributed by atoms with van der Waals surface area (Å²) >= 11 is 0. The van der Waals surface area contributed by atoms with Crippen molar-refractivity contribution in [2.75, 3.05) is 13.1 Å². The fraction of sp³-hybridized carbons (Fsp3) is 0.318. The fourth-order valence-electron chi connectivity index (χ4n) is 3.72. The van der Waals surface area contributed by atoms with Crippen LogP contribution in [0, 0.1) is 0 Å². The lowest BCUT2D eigenvalue weighted by molar-refractivity contribution is -0.121. The van der Waals surface area contributed by atoms with Crippen molar-refractivity contribution >= 4 is 16.8 Å². The van der Waals surface area contributed by atoms with E-state index in [1.165, 1.54) is 16.5 Å². The molecule has 0 aliphatic carbocycles. The van der Waals surface area contributed by atoms with E-state index in [1.807, 2.05) is 36.4 Å². The lowest BCUT2D eigenvalue weighted by Gasteiger charge is -2.17. The van der Waals surface area contributed by atoms with Crippen LogP contribution in [0.25, 0.3) is 10.9 Å². The number of amides is 1. The molecule has 1 aliphatic rings. The molecule has 1 aliphatic heterocycles. The number of para-hydroxylation sites is 1. The topological polar surface area (TPSA) is 67.2 Å². The maximum Gasteiger partial charge on any atom is 0.261 e. The molecule has 1 atom stereocenters. The largest absolute Gasteiger partial charge is 0.352 e. The first-order valence-electron chi connectivity index (χ1n) is 9.69. The highest BCUT2D eigenvalue weighted by molar-refractivity contribution is 5.77.